The lowest BCUT2D eigenvalue weighted by atomic mass is 10.0. The van der Waals surface area contributed by atoms with E-state index in [0.29, 0.717) is 5.56 Å². The third-order valence-electron chi connectivity index (χ3n) is 2.03. The Kier molecular flexibility index (Phi) is 4.23. The van der Waals surface area contributed by atoms with E-state index in [-0.39, 0.29) is 17.2 Å². The van der Waals surface area contributed by atoms with Gasteiger partial charge in [-0.1, -0.05) is 11.6 Å². The van der Waals surface area contributed by atoms with Gasteiger partial charge in [0, 0.05) is 12.7 Å². The van der Waals surface area contributed by atoms with Crippen LogP contribution in [0.5, 0.6) is 0 Å². The number of halogens is 2. The van der Waals surface area contributed by atoms with Crippen LogP contribution in [-0.4, -0.2) is 18.2 Å². The lowest BCUT2D eigenvalue weighted by molar-refractivity contribution is -0.138. The van der Waals surface area contributed by atoms with Gasteiger partial charge < -0.3 is 15.6 Å². The van der Waals surface area contributed by atoms with Crippen molar-refractivity contribution < 1.29 is 19.0 Å². The second-order valence-corrected chi connectivity index (χ2v) is 3.64. The average molecular weight is 248 g/mol. The highest BCUT2D eigenvalue weighted by Crippen LogP contribution is 2.25. The smallest absolute Gasteiger partial charge is 0.325 e. The molecule has 0 amide bonds. The predicted octanol–water partition coefficient (Wildman–Crippen LogP) is 1.71. The molecule has 0 heterocycles. The van der Waals surface area contributed by atoms with Crippen molar-refractivity contribution in [1.82, 2.24) is 0 Å². The van der Waals surface area contributed by atoms with E-state index in [9.17, 15) is 9.18 Å². The van der Waals surface area contributed by atoms with Gasteiger partial charge in [0.2, 0.25) is 0 Å². The molecule has 16 heavy (non-hydrogen) atoms. The molecule has 0 saturated heterocycles. The van der Waals surface area contributed by atoms with Crippen LogP contribution in [0.4, 0.5) is 4.39 Å². The molecule has 0 radical (unpaired) electrons. The van der Waals surface area contributed by atoms with Gasteiger partial charge in [-0.05, 0) is 17.7 Å². The highest BCUT2D eigenvalue weighted by Gasteiger charge is 2.21. The Morgan fingerprint density at radius 1 is 1.69 bits per heavy atom. The molecule has 6 heteroatoms. The standard InChI is InChI=1S/C10H11ClFNO3/c1-16-4-5-2-6(9(13)10(14)15)8(12)7(11)3-5/h2-3,9H,4,13H2,1H3,(H,14,15). The van der Waals surface area contributed by atoms with Gasteiger partial charge in [-0.25, -0.2) is 4.39 Å². The lowest BCUT2D eigenvalue weighted by Crippen LogP contribution is -2.22. The van der Waals surface area contributed by atoms with E-state index in [1.807, 2.05) is 0 Å². The molecular weight excluding hydrogens is 237 g/mol. The fourth-order valence-corrected chi connectivity index (χ4v) is 1.53. The number of carboxylic acids is 1. The van der Waals surface area contributed by atoms with Crippen LogP contribution in [0.1, 0.15) is 17.2 Å². The number of hydrogen-bond acceptors (Lipinski definition) is 3. The minimum Gasteiger partial charge on any atom is -0.480 e. The molecule has 0 aromatic heterocycles. The topological polar surface area (TPSA) is 72.5 Å². The number of methoxy groups -OCH3 is 1. The van der Waals surface area contributed by atoms with E-state index < -0.39 is 17.8 Å². The summed E-state index contributed by atoms with van der Waals surface area (Å²) in [5, 5.41) is 8.54. The Bertz CT molecular complexity index is 411. The molecule has 1 aromatic carbocycles. The molecule has 88 valence electrons. The summed E-state index contributed by atoms with van der Waals surface area (Å²) in [7, 11) is 1.47. The first-order valence-corrected chi connectivity index (χ1v) is 4.80. The number of benzene rings is 1. The highest BCUT2D eigenvalue weighted by molar-refractivity contribution is 6.30. The van der Waals surface area contributed by atoms with Crippen LogP contribution in [0.15, 0.2) is 12.1 Å². The van der Waals surface area contributed by atoms with Gasteiger partial charge in [0.05, 0.1) is 11.6 Å². The fourth-order valence-electron chi connectivity index (χ4n) is 1.28. The zero-order valence-corrected chi connectivity index (χ0v) is 9.29. The fraction of sp³-hybridized carbons (Fsp3) is 0.300. The first kappa shape index (κ1) is 12.9. The normalized spacial score (nSPS) is 12.5. The van der Waals surface area contributed by atoms with Crippen molar-refractivity contribution in [2.24, 2.45) is 5.73 Å². The maximum absolute atomic E-state index is 13.5. The molecule has 1 rings (SSSR count). The third-order valence-corrected chi connectivity index (χ3v) is 2.30. The molecule has 0 aliphatic heterocycles. The van der Waals surface area contributed by atoms with Gasteiger partial charge in [-0.2, -0.15) is 0 Å². The third kappa shape index (κ3) is 2.69. The molecule has 1 unspecified atom stereocenters. The van der Waals surface area contributed by atoms with Gasteiger partial charge in [-0.15, -0.1) is 0 Å². The molecular formula is C10H11ClFNO3. The Hall–Kier alpha value is -1.17. The molecule has 1 atom stereocenters. The van der Waals surface area contributed by atoms with E-state index in [1.165, 1.54) is 19.2 Å². The van der Waals surface area contributed by atoms with Crippen molar-refractivity contribution >= 4 is 17.6 Å². The number of ether oxygens (including phenoxy) is 1. The average Bonchev–Trinajstić information content (AvgIpc) is 2.22. The quantitative estimate of drug-likeness (QED) is 0.850. The summed E-state index contributed by atoms with van der Waals surface area (Å²) in [5.74, 6) is -2.12. The van der Waals surface area contributed by atoms with Crippen LogP contribution in [0.2, 0.25) is 5.02 Å². The van der Waals surface area contributed by atoms with Crippen LogP contribution in [0.25, 0.3) is 0 Å². The second kappa shape index (κ2) is 5.25. The van der Waals surface area contributed by atoms with E-state index in [1.54, 1.807) is 0 Å². The summed E-state index contributed by atoms with van der Waals surface area (Å²) in [6.07, 6.45) is 0. The van der Waals surface area contributed by atoms with Gasteiger partial charge in [0.1, 0.15) is 11.9 Å². The summed E-state index contributed by atoms with van der Waals surface area (Å²) < 4.78 is 18.4. The highest BCUT2D eigenvalue weighted by atomic mass is 35.5. The van der Waals surface area contributed by atoms with E-state index in [2.05, 4.69) is 0 Å². The molecule has 0 aliphatic rings. The molecule has 3 N–H and O–H groups in total. The SMILES string of the molecule is COCc1cc(Cl)c(F)c(C(N)C(=O)O)c1. The molecule has 0 aliphatic carbocycles. The Balaban J connectivity index is 3.20. The largest absolute Gasteiger partial charge is 0.480 e. The first-order chi connectivity index (χ1) is 7.47. The molecule has 0 saturated carbocycles. The van der Waals surface area contributed by atoms with Crippen molar-refractivity contribution in [2.45, 2.75) is 12.6 Å². The van der Waals surface area contributed by atoms with E-state index >= 15 is 0 Å². The van der Waals surface area contributed by atoms with Gasteiger partial charge in [0.15, 0.2) is 0 Å². The monoisotopic (exact) mass is 247 g/mol. The van der Waals surface area contributed by atoms with E-state index in [4.69, 9.17) is 27.2 Å². The summed E-state index contributed by atoms with van der Waals surface area (Å²) in [6, 6.07) is 1.27. The minimum atomic E-state index is -1.44. The Morgan fingerprint density at radius 2 is 2.31 bits per heavy atom. The molecule has 4 nitrogen and oxygen atoms in total. The molecule has 0 fully saturated rings. The summed E-state index contributed by atoms with van der Waals surface area (Å²) in [4.78, 5) is 10.7. The lowest BCUT2D eigenvalue weighted by Gasteiger charge is -2.11. The maximum atomic E-state index is 13.5. The van der Waals surface area contributed by atoms with Crippen molar-refractivity contribution in [2.75, 3.05) is 7.11 Å². The number of carboxylic acid groups (broad SMARTS) is 1. The minimum absolute atomic E-state index is 0.146. The van der Waals surface area contributed by atoms with Crippen molar-refractivity contribution in [3.8, 4) is 0 Å². The van der Waals surface area contributed by atoms with Crippen LogP contribution in [0, 0.1) is 5.82 Å². The Labute approximate surface area is 96.8 Å². The maximum Gasteiger partial charge on any atom is 0.325 e. The van der Waals surface area contributed by atoms with Crippen molar-refractivity contribution in [3.05, 3.63) is 34.1 Å². The number of aliphatic carboxylic acids is 1. The van der Waals surface area contributed by atoms with E-state index in [0.717, 1.165) is 0 Å². The Morgan fingerprint density at radius 3 is 2.81 bits per heavy atom. The summed E-state index contributed by atoms with van der Waals surface area (Å²) in [5.41, 5.74) is 5.76. The zero-order valence-electron chi connectivity index (χ0n) is 8.54. The van der Waals surface area contributed by atoms with Crippen LogP contribution in [0.3, 0.4) is 0 Å². The predicted molar refractivity (Wildman–Crippen MR) is 56.7 cm³/mol. The van der Waals surface area contributed by atoms with Gasteiger partial charge >= 0.3 is 5.97 Å². The molecule has 0 bridgehead atoms. The van der Waals surface area contributed by atoms with Crippen LogP contribution >= 0.6 is 11.6 Å². The van der Waals surface area contributed by atoms with Crippen LogP contribution in [-0.2, 0) is 16.1 Å². The van der Waals surface area contributed by atoms with Crippen molar-refractivity contribution in [1.29, 1.82) is 0 Å². The second-order valence-electron chi connectivity index (χ2n) is 3.23. The van der Waals surface area contributed by atoms with Crippen LogP contribution < -0.4 is 5.73 Å². The zero-order chi connectivity index (χ0) is 12.3. The summed E-state index contributed by atoms with van der Waals surface area (Å²) >= 11 is 5.62. The van der Waals surface area contributed by atoms with Crippen molar-refractivity contribution in [3.63, 3.8) is 0 Å². The summed E-state index contributed by atoms with van der Waals surface area (Å²) in [6.45, 7) is 0.208. The number of nitrogens with two attached hydrogens (primary N) is 1. The molecule has 0 spiro atoms. The van der Waals surface area contributed by atoms with Gasteiger partial charge in [-0.3, -0.25) is 4.79 Å². The molecule has 1 aromatic rings. The van der Waals surface area contributed by atoms with Gasteiger partial charge in [0.25, 0.3) is 0 Å². The number of rotatable bonds is 4. The number of hydrogen-bond donors (Lipinski definition) is 2. The first-order valence-electron chi connectivity index (χ1n) is 4.42. The number of carbonyl (C=O) groups is 1.